The van der Waals surface area contributed by atoms with Gasteiger partial charge in [0.15, 0.2) is 6.73 Å². The Morgan fingerprint density at radius 2 is 2.05 bits per heavy atom. The van der Waals surface area contributed by atoms with Crippen LogP contribution in [0.2, 0.25) is 10.0 Å². The Kier molecular flexibility index (Phi) is 7.45. The van der Waals surface area contributed by atoms with Crippen LogP contribution in [0.4, 0.5) is 4.79 Å². The molecule has 0 unspecified atom stereocenters. The Hall–Kier alpha value is -1.13. The van der Waals surface area contributed by atoms with Crippen LogP contribution >= 0.6 is 23.2 Å². The lowest BCUT2D eigenvalue weighted by Gasteiger charge is -2.10. The normalized spacial score (nSPS) is 10.1. The fourth-order valence-corrected chi connectivity index (χ4v) is 1.87. The molecule has 0 saturated carbocycles. The second-order valence-electron chi connectivity index (χ2n) is 4.00. The molecule has 0 aliphatic carbocycles. The Morgan fingerprint density at radius 1 is 1.26 bits per heavy atom. The van der Waals surface area contributed by atoms with Gasteiger partial charge >= 0.3 is 6.03 Å². The second-order valence-corrected chi connectivity index (χ2v) is 4.85. The molecule has 0 aromatic heterocycles. The fraction of sp³-hybridized carbons (Fsp3) is 0.462. The van der Waals surface area contributed by atoms with Gasteiger partial charge in [-0.05, 0) is 24.6 Å². The number of amides is 2. The van der Waals surface area contributed by atoms with Crippen molar-refractivity contribution in [2.24, 2.45) is 0 Å². The third-order valence-corrected chi connectivity index (χ3v) is 2.95. The largest absolute Gasteiger partial charge is 0.472 e. The Morgan fingerprint density at radius 3 is 2.74 bits per heavy atom. The van der Waals surface area contributed by atoms with Crippen LogP contribution in [-0.2, 0) is 0 Å². The summed E-state index contributed by atoms with van der Waals surface area (Å²) in [6.45, 7) is 2.84. The summed E-state index contributed by atoms with van der Waals surface area (Å²) in [6, 6.07) is 4.67. The molecular weight excluding hydrogens is 287 g/mol. The van der Waals surface area contributed by atoms with Crippen molar-refractivity contribution in [1.29, 1.82) is 0 Å². The molecule has 106 valence electrons. The summed E-state index contributed by atoms with van der Waals surface area (Å²) in [5.41, 5.74) is 0. The number of carbonyl (C=O) groups excluding carboxylic acids is 1. The van der Waals surface area contributed by atoms with Crippen molar-refractivity contribution in [1.82, 2.24) is 10.6 Å². The summed E-state index contributed by atoms with van der Waals surface area (Å²) >= 11 is 11.7. The molecule has 0 atom stereocenters. The van der Waals surface area contributed by atoms with Gasteiger partial charge in [-0.3, -0.25) is 0 Å². The summed E-state index contributed by atoms with van der Waals surface area (Å²) < 4.78 is 5.33. The lowest BCUT2D eigenvalue weighted by Crippen LogP contribution is -2.38. The molecule has 1 rings (SSSR count). The second kappa shape index (κ2) is 8.88. The average molecular weight is 305 g/mol. The van der Waals surface area contributed by atoms with Gasteiger partial charge in [0, 0.05) is 11.6 Å². The number of halogens is 2. The SMILES string of the molecule is CCCCCNC(=O)NCOc1ccc(Cl)cc1Cl. The number of rotatable bonds is 7. The summed E-state index contributed by atoms with van der Waals surface area (Å²) in [5, 5.41) is 6.28. The Bertz CT molecular complexity index is 414. The minimum atomic E-state index is -0.249. The molecular formula is C13H18Cl2N2O2. The van der Waals surface area contributed by atoms with Gasteiger partial charge in [0.05, 0.1) is 5.02 Å². The Balaban J connectivity index is 2.20. The van der Waals surface area contributed by atoms with E-state index < -0.39 is 0 Å². The van der Waals surface area contributed by atoms with Gasteiger partial charge < -0.3 is 15.4 Å². The van der Waals surface area contributed by atoms with Crippen molar-refractivity contribution >= 4 is 29.2 Å². The van der Waals surface area contributed by atoms with E-state index in [-0.39, 0.29) is 12.8 Å². The van der Waals surface area contributed by atoms with E-state index in [9.17, 15) is 4.79 Å². The molecule has 0 radical (unpaired) electrons. The van der Waals surface area contributed by atoms with Crippen LogP contribution in [0.1, 0.15) is 26.2 Å². The van der Waals surface area contributed by atoms with Crippen LogP contribution in [0.25, 0.3) is 0 Å². The average Bonchev–Trinajstić information content (AvgIpc) is 2.37. The first-order chi connectivity index (χ1) is 9.13. The fourth-order valence-electron chi connectivity index (χ4n) is 1.41. The minimum absolute atomic E-state index is 0.0565. The number of hydrogen-bond donors (Lipinski definition) is 2. The number of benzene rings is 1. The highest BCUT2D eigenvalue weighted by Gasteiger charge is 2.03. The van der Waals surface area contributed by atoms with Gasteiger partial charge in [0.1, 0.15) is 5.75 Å². The predicted octanol–water partition coefficient (Wildman–Crippen LogP) is 3.82. The predicted molar refractivity (Wildman–Crippen MR) is 78.0 cm³/mol. The zero-order valence-electron chi connectivity index (χ0n) is 10.8. The van der Waals surface area contributed by atoms with Crippen LogP contribution in [0.5, 0.6) is 5.75 Å². The van der Waals surface area contributed by atoms with Crippen LogP contribution in [-0.4, -0.2) is 19.3 Å². The summed E-state index contributed by atoms with van der Waals surface area (Å²) in [6.07, 6.45) is 3.21. The zero-order valence-corrected chi connectivity index (χ0v) is 12.4. The molecule has 0 saturated heterocycles. The van der Waals surface area contributed by atoms with Crippen LogP contribution in [0.3, 0.4) is 0 Å². The first-order valence-corrected chi connectivity index (χ1v) is 6.98. The molecule has 19 heavy (non-hydrogen) atoms. The number of unbranched alkanes of at least 4 members (excludes halogenated alkanes) is 2. The molecule has 6 heteroatoms. The van der Waals surface area contributed by atoms with E-state index in [4.69, 9.17) is 27.9 Å². The summed E-state index contributed by atoms with van der Waals surface area (Å²) in [4.78, 5) is 11.4. The molecule has 0 aliphatic rings. The monoisotopic (exact) mass is 304 g/mol. The molecule has 0 spiro atoms. The van der Waals surface area contributed by atoms with Gasteiger partial charge in [-0.2, -0.15) is 0 Å². The van der Waals surface area contributed by atoms with E-state index in [0.29, 0.717) is 22.3 Å². The molecule has 4 nitrogen and oxygen atoms in total. The van der Waals surface area contributed by atoms with Crippen molar-refractivity contribution < 1.29 is 9.53 Å². The van der Waals surface area contributed by atoms with Crippen LogP contribution in [0, 0.1) is 0 Å². The van der Waals surface area contributed by atoms with Gasteiger partial charge in [-0.25, -0.2) is 4.79 Å². The molecule has 1 aromatic carbocycles. The van der Waals surface area contributed by atoms with Gasteiger partial charge in [-0.1, -0.05) is 43.0 Å². The molecule has 0 bridgehead atoms. The molecule has 2 amide bonds. The van der Waals surface area contributed by atoms with Crippen LogP contribution < -0.4 is 15.4 Å². The Labute approximate surface area is 123 Å². The van der Waals surface area contributed by atoms with E-state index in [1.54, 1.807) is 18.2 Å². The summed E-state index contributed by atoms with van der Waals surface area (Å²) in [7, 11) is 0. The number of hydrogen-bond acceptors (Lipinski definition) is 2. The van der Waals surface area contributed by atoms with E-state index in [2.05, 4.69) is 17.6 Å². The van der Waals surface area contributed by atoms with Crippen molar-refractivity contribution in [3.8, 4) is 5.75 Å². The standard InChI is InChI=1S/C13H18Cl2N2O2/c1-2-3-4-7-16-13(18)17-9-19-12-6-5-10(14)8-11(12)15/h5-6,8H,2-4,7,9H2,1H3,(H2,16,17,18). The maximum atomic E-state index is 11.4. The van der Waals surface area contributed by atoms with E-state index in [1.165, 1.54) is 0 Å². The summed E-state index contributed by atoms with van der Waals surface area (Å²) in [5.74, 6) is 0.484. The maximum absolute atomic E-state index is 11.4. The minimum Gasteiger partial charge on any atom is -0.472 e. The lowest BCUT2D eigenvalue weighted by molar-refractivity contribution is 0.224. The highest BCUT2D eigenvalue weighted by Crippen LogP contribution is 2.27. The van der Waals surface area contributed by atoms with Gasteiger partial charge in [0.2, 0.25) is 0 Å². The van der Waals surface area contributed by atoms with Gasteiger partial charge in [-0.15, -0.1) is 0 Å². The van der Waals surface area contributed by atoms with E-state index in [0.717, 1.165) is 19.3 Å². The highest BCUT2D eigenvalue weighted by molar-refractivity contribution is 6.35. The third-order valence-electron chi connectivity index (χ3n) is 2.42. The highest BCUT2D eigenvalue weighted by atomic mass is 35.5. The molecule has 0 fully saturated rings. The molecule has 1 aromatic rings. The number of carbonyl (C=O) groups is 1. The number of urea groups is 1. The number of ether oxygens (including phenoxy) is 1. The van der Waals surface area contributed by atoms with Crippen molar-refractivity contribution in [2.75, 3.05) is 13.3 Å². The van der Waals surface area contributed by atoms with Gasteiger partial charge in [0.25, 0.3) is 0 Å². The van der Waals surface area contributed by atoms with Crippen molar-refractivity contribution in [2.45, 2.75) is 26.2 Å². The third kappa shape index (κ3) is 6.55. The number of nitrogens with one attached hydrogen (secondary N) is 2. The first-order valence-electron chi connectivity index (χ1n) is 6.23. The van der Waals surface area contributed by atoms with E-state index in [1.807, 2.05) is 0 Å². The molecule has 0 heterocycles. The maximum Gasteiger partial charge on any atom is 0.317 e. The first kappa shape index (κ1) is 15.9. The molecule has 2 N–H and O–H groups in total. The van der Waals surface area contributed by atoms with Crippen molar-refractivity contribution in [3.05, 3.63) is 28.2 Å². The van der Waals surface area contributed by atoms with Crippen molar-refractivity contribution in [3.63, 3.8) is 0 Å². The quantitative estimate of drug-likeness (QED) is 0.594. The zero-order chi connectivity index (χ0) is 14.1. The topological polar surface area (TPSA) is 50.4 Å². The molecule has 0 aliphatic heterocycles. The lowest BCUT2D eigenvalue weighted by atomic mass is 10.2. The smallest absolute Gasteiger partial charge is 0.317 e. The van der Waals surface area contributed by atoms with Crippen LogP contribution in [0.15, 0.2) is 18.2 Å². The van der Waals surface area contributed by atoms with E-state index >= 15 is 0 Å².